The number of aliphatic hydroxyl groups is 1. The molecule has 0 saturated heterocycles. The molecule has 0 aliphatic rings. The van der Waals surface area contributed by atoms with Gasteiger partial charge in [0.05, 0.1) is 6.42 Å². The van der Waals surface area contributed by atoms with E-state index in [0.29, 0.717) is 0 Å². The average molecular weight is 190 g/mol. The van der Waals surface area contributed by atoms with Gasteiger partial charge in [0.1, 0.15) is 6.61 Å². The molecule has 0 aliphatic carbocycles. The van der Waals surface area contributed by atoms with Gasteiger partial charge in [-0.2, -0.15) is 0 Å². The molecule has 0 rings (SSSR count). The summed E-state index contributed by atoms with van der Waals surface area (Å²) in [5, 5.41) is 15.7. The second-order valence-electron chi connectivity index (χ2n) is 1.83. The Hall–Kier alpha value is -1.36. The number of carboxylic acids is 1. The lowest BCUT2D eigenvalue weighted by molar-refractivity contribution is -0.142. The monoisotopic (exact) mass is 190 g/mol. The largest absolute Gasteiger partial charge is 0.481 e. The predicted octanol–water partition coefficient (Wildman–Crippen LogP) is 0.189. The van der Waals surface area contributed by atoms with Crippen molar-refractivity contribution in [3.05, 3.63) is 12.7 Å². The third-order valence-electron chi connectivity index (χ3n) is 0.727. The Morgan fingerprint density at radius 2 is 2.00 bits per heavy atom. The highest BCUT2D eigenvalue weighted by Crippen LogP contribution is 1.83. The van der Waals surface area contributed by atoms with Gasteiger partial charge in [-0.1, -0.05) is 6.58 Å². The molecule has 0 fully saturated rings. The molecule has 5 heteroatoms. The van der Waals surface area contributed by atoms with Gasteiger partial charge in [-0.05, 0) is 6.92 Å². The fourth-order valence-corrected chi connectivity index (χ4v) is 0.298. The van der Waals surface area contributed by atoms with Crippen molar-refractivity contribution in [1.29, 1.82) is 0 Å². The highest BCUT2D eigenvalue weighted by atomic mass is 16.5. The van der Waals surface area contributed by atoms with Crippen LogP contribution in [0, 0.1) is 0 Å². The second kappa shape index (κ2) is 10.6. The minimum Gasteiger partial charge on any atom is -0.481 e. The zero-order chi connectivity index (χ0) is 10.7. The predicted molar refractivity (Wildman–Crippen MR) is 46.2 cm³/mol. The van der Waals surface area contributed by atoms with Gasteiger partial charge in [0.2, 0.25) is 0 Å². The van der Waals surface area contributed by atoms with E-state index in [1.54, 1.807) is 6.92 Å². The molecular formula is C8H14O5. The lowest BCUT2D eigenvalue weighted by atomic mass is 10.5. The van der Waals surface area contributed by atoms with Crippen LogP contribution < -0.4 is 0 Å². The lowest BCUT2D eigenvalue weighted by Crippen LogP contribution is -2.06. The maximum atomic E-state index is 10.3. The summed E-state index contributed by atoms with van der Waals surface area (Å²) in [4.78, 5) is 20.1. The molecule has 0 amide bonds. The van der Waals surface area contributed by atoms with Crippen molar-refractivity contribution in [3.63, 3.8) is 0 Å². The van der Waals surface area contributed by atoms with Crippen molar-refractivity contribution < 1.29 is 24.5 Å². The highest BCUT2D eigenvalue weighted by Gasteiger charge is 1.98. The molecule has 5 nitrogen and oxygen atoms in total. The average Bonchev–Trinajstić information content (AvgIpc) is 2.05. The molecule has 0 saturated carbocycles. The van der Waals surface area contributed by atoms with Crippen molar-refractivity contribution in [2.45, 2.75) is 13.3 Å². The molecule has 13 heavy (non-hydrogen) atoms. The number of carboxylic acid groups (broad SMARTS) is 1. The van der Waals surface area contributed by atoms with Gasteiger partial charge in [-0.25, -0.2) is 4.79 Å². The van der Waals surface area contributed by atoms with Crippen LogP contribution in [0.4, 0.5) is 0 Å². The van der Waals surface area contributed by atoms with E-state index in [0.717, 1.165) is 6.08 Å². The molecule has 0 radical (unpaired) electrons. The minimum atomic E-state index is -0.989. The van der Waals surface area contributed by atoms with E-state index in [4.69, 9.17) is 10.2 Å². The summed E-state index contributed by atoms with van der Waals surface area (Å²) in [5.74, 6) is -1.59. The van der Waals surface area contributed by atoms with Gasteiger partial charge in [-0.3, -0.25) is 4.79 Å². The summed E-state index contributed by atoms with van der Waals surface area (Å²) < 4.78 is 4.36. The third kappa shape index (κ3) is 18.0. The summed E-state index contributed by atoms with van der Waals surface area (Å²) in [6, 6.07) is 0. The molecule has 0 aromatic heterocycles. The molecule has 0 spiro atoms. The number of carbonyl (C=O) groups is 2. The second-order valence-corrected chi connectivity index (χ2v) is 1.83. The van der Waals surface area contributed by atoms with Crippen LogP contribution in [-0.4, -0.2) is 35.4 Å². The quantitative estimate of drug-likeness (QED) is 0.488. The third-order valence-corrected chi connectivity index (χ3v) is 0.727. The summed E-state index contributed by atoms with van der Waals surface area (Å²) in [6.07, 6.45) is 0.821. The molecule has 0 atom stereocenters. The van der Waals surface area contributed by atoms with Gasteiger partial charge in [0.25, 0.3) is 0 Å². The van der Waals surface area contributed by atoms with Crippen LogP contribution in [0.5, 0.6) is 0 Å². The molecule has 0 aliphatic heterocycles. The zero-order valence-electron chi connectivity index (χ0n) is 7.52. The van der Waals surface area contributed by atoms with Crippen LogP contribution in [-0.2, 0) is 14.3 Å². The Labute approximate surface area is 76.6 Å². The van der Waals surface area contributed by atoms with E-state index >= 15 is 0 Å². The van der Waals surface area contributed by atoms with E-state index in [-0.39, 0.29) is 19.6 Å². The maximum absolute atomic E-state index is 10.3. The SMILES string of the molecule is C=CC(=O)OCCC(=O)O.CCO. The maximum Gasteiger partial charge on any atom is 0.330 e. The number of ether oxygens (including phenoxy) is 1. The number of esters is 1. The normalized spacial score (nSPS) is 7.85. The standard InChI is InChI=1S/C6H8O4.C2H6O/c1-2-6(9)10-4-3-5(7)8;1-2-3/h2H,1,3-4H2,(H,7,8);3H,2H2,1H3. The van der Waals surface area contributed by atoms with Crippen LogP contribution in [0.3, 0.4) is 0 Å². The first-order valence-electron chi connectivity index (χ1n) is 3.70. The van der Waals surface area contributed by atoms with Crippen molar-refractivity contribution in [1.82, 2.24) is 0 Å². The Balaban J connectivity index is 0. The molecule has 0 aromatic rings. The van der Waals surface area contributed by atoms with Gasteiger partial charge in [0.15, 0.2) is 0 Å². The number of rotatable bonds is 4. The first-order valence-corrected chi connectivity index (χ1v) is 3.70. The fraction of sp³-hybridized carbons (Fsp3) is 0.500. The molecule has 0 bridgehead atoms. The Kier molecular flexibility index (Phi) is 11.6. The number of hydrogen-bond donors (Lipinski definition) is 2. The van der Waals surface area contributed by atoms with Gasteiger partial charge in [-0.15, -0.1) is 0 Å². The number of aliphatic carboxylic acids is 1. The van der Waals surface area contributed by atoms with Crippen LogP contribution in [0.25, 0.3) is 0 Å². The van der Waals surface area contributed by atoms with Crippen LogP contribution in [0.2, 0.25) is 0 Å². The number of aliphatic hydroxyl groups excluding tert-OH is 1. The van der Waals surface area contributed by atoms with Crippen molar-refractivity contribution in [3.8, 4) is 0 Å². The molecular weight excluding hydrogens is 176 g/mol. The molecule has 0 heterocycles. The van der Waals surface area contributed by atoms with E-state index in [1.807, 2.05) is 0 Å². The van der Waals surface area contributed by atoms with E-state index in [2.05, 4.69) is 11.3 Å². The van der Waals surface area contributed by atoms with Crippen LogP contribution >= 0.6 is 0 Å². The highest BCUT2D eigenvalue weighted by molar-refractivity contribution is 5.81. The molecule has 0 unspecified atom stereocenters. The van der Waals surface area contributed by atoms with Crippen molar-refractivity contribution >= 4 is 11.9 Å². The van der Waals surface area contributed by atoms with Gasteiger partial charge < -0.3 is 14.9 Å². The Bertz CT molecular complexity index is 164. The minimum absolute atomic E-state index is 0.0970. The summed E-state index contributed by atoms with van der Waals surface area (Å²) in [5.41, 5.74) is 0. The first kappa shape index (κ1) is 14.2. The fourth-order valence-electron chi connectivity index (χ4n) is 0.298. The molecule has 76 valence electrons. The van der Waals surface area contributed by atoms with E-state index < -0.39 is 11.9 Å². The number of hydrogen-bond acceptors (Lipinski definition) is 4. The Morgan fingerprint density at radius 3 is 2.31 bits per heavy atom. The topological polar surface area (TPSA) is 83.8 Å². The summed E-state index contributed by atoms with van der Waals surface area (Å²) >= 11 is 0. The Morgan fingerprint density at radius 1 is 1.54 bits per heavy atom. The van der Waals surface area contributed by atoms with Gasteiger partial charge in [0, 0.05) is 12.7 Å². The summed E-state index contributed by atoms with van der Waals surface area (Å²) in [6.45, 7) is 4.97. The molecule has 2 N–H and O–H groups in total. The first-order chi connectivity index (χ1) is 6.08. The van der Waals surface area contributed by atoms with E-state index in [1.165, 1.54) is 0 Å². The number of carbonyl (C=O) groups excluding carboxylic acids is 1. The van der Waals surface area contributed by atoms with Crippen molar-refractivity contribution in [2.75, 3.05) is 13.2 Å². The lowest BCUT2D eigenvalue weighted by Gasteiger charge is -1.96. The van der Waals surface area contributed by atoms with Crippen LogP contribution in [0.1, 0.15) is 13.3 Å². The van der Waals surface area contributed by atoms with E-state index in [9.17, 15) is 9.59 Å². The zero-order valence-corrected chi connectivity index (χ0v) is 7.52. The smallest absolute Gasteiger partial charge is 0.330 e. The van der Waals surface area contributed by atoms with Crippen LogP contribution in [0.15, 0.2) is 12.7 Å². The summed E-state index contributed by atoms with van der Waals surface area (Å²) in [7, 11) is 0. The molecule has 0 aromatic carbocycles. The van der Waals surface area contributed by atoms with Gasteiger partial charge >= 0.3 is 11.9 Å². The van der Waals surface area contributed by atoms with Crippen molar-refractivity contribution in [2.24, 2.45) is 0 Å².